The van der Waals surface area contributed by atoms with E-state index in [1.165, 1.54) is 17.9 Å². The first-order valence-electron chi connectivity index (χ1n) is 4.12. The van der Waals surface area contributed by atoms with Crippen molar-refractivity contribution in [2.24, 2.45) is 5.73 Å². The molecular weight excluding hydrogens is 172 g/mol. The maximum atomic E-state index is 5.40. The molecule has 0 spiro atoms. The summed E-state index contributed by atoms with van der Waals surface area (Å²) in [6, 6.07) is 0. The Hall–Kier alpha value is -0.480. The lowest BCUT2D eigenvalue weighted by Crippen LogP contribution is -1.99. The number of hydrogen-bond donors (Lipinski definition) is 1. The molecule has 0 aromatic carbocycles. The standard InChI is InChI=1S/C8H12N2OS/c9-3-8-10-7(4-11-8)6-1-2-12-5-6/h4,6H,1-3,5,9H2. The minimum absolute atomic E-state index is 0.403. The van der Waals surface area contributed by atoms with E-state index in [1.54, 1.807) is 6.26 Å². The first-order chi connectivity index (χ1) is 5.90. The Kier molecular flexibility index (Phi) is 2.37. The van der Waals surface area contributed by atoms with Crippen molar-refractivity contribution in [3.05, 3.63) is 17.8 Å². The number of nitrogens with two attached hydrogens (primary N) is 1. The van der Waals surface area contributed by atoms with Crippen LogP contribution in [0.15, 0.2) is 10.7 Å². The van der Waals surface area contributed by atoms with Crippen LogP contribution in [0.2, 0.25) is 0 Å². The number of rotatable bonds is 2. The summed E-state index contributed by atoms with van der Waals surface area (Å²) >= 11 is 1.98. The van der Waals surface area contributed by atoms with Crippen molar-refractivity contribution < 1.29 is 4.42 Å². The first kappa shape index (κ1) is 8.13. The summed E-state index contributed by atoms with van der Waals surface area (Å²) in [5, 5.41) is 0. The molecule has 0 saturated carbocycles. The van der Waals surface area contributed by atoms with Crippen LogP contribution in [0.3, 0.4) is 0 Å². The van der Waals surface area contributed by atoms with Gasteiger partial charge in [0, 0.05) is 11.7 Å². The van der Waals surface area contributed by atoms with Gasteiger partial charge in [0.2, 0.25) is 5.89 Å². The zero-order valence-corrected chi connectivity index (χ0v) is 7.64. The monoisotopic (exact) mass is 184 g/mol. The topological polar surface area (TPSA) is 52.0 Å². The SMILES string of the molecule is NCc1nc(C2CCSC2)co1. The molecule has 1 atom stereocenters. The molecule has 1 saturated heterocycles. The fourth-order valence-electron chi connectivity index (χ4n) is 1.37. The van der Waals surface area contributed by atoms with Gasteiger partial charge in [0.1, 0.15) is 6.26 Å². The maximum absolute atomic E-state index is 5.40. The van der Waals surface area contributed by atoms with Crippen molar-refractivity contribution in [1.29, 1.82) is 0 Å². The highest BCUT2D eigenvalue weighted by Crippen LogP contribution is 2.31. The Balaban J connectivity index is 2.11. The van der Waals surface area contributed by atoms with Crippen molar-refractivity contribution in [2.75, 3.05) is 11.5 Å². The summed E-state index contributed by atoms with van der Waals surface area (Å²) in [6.45, 7) is 0.403. The average molecular weight is 184 g/mol. The fraction of sp³-hybridized carbons (Fsp3) is 0.625. The van der Waals surface area contributed by atoms with Crippen LogP contribution in [-0.2, 0) is 6.54 Å². The third-order valence-electron chi connectivity index (χ3n) is 2.09. The lowest BCUT2D eigenvalue weighted by Gasteiger charge is -2.00. The van der Waals surface area contributed by atoms with Gasteiger partial charge in [-0.25, -0.2) is 4.98 Å². The molecule has 3 nitrogen and oxygen atoms in total. The van der Waals surface area contributed by atoms with Crippen LogP contribution in [-0.4, -0.2) is 16.5 Å². The van der Waals surface area contributed by atoms with Crippen LogP contribution in [0.5, 0.6) is 0 Å². The van der Waals surface area contributed by atoms with Gasteiger partial charge in [-0.15, -0.1) is 0 Å². The zero-order valence-electron chi connectivity index (χ0n) is 6.82. The van der Waals surface area contributed by atoms with Crippen LogP contribution < -0.4 is 5.73 Å². The van der Waals surface area contributed by atoms with E-state index in [-0.39, 0.29) is 0 Å². The number of aromatic nitrogens is 1. The van der Waals surface area contributed by atoms with Crippen molar-refractivity contribution in [3.8, 4) is 0 Å². The number of nitrogens with zero attached hydrogens (tertiary/aromatic N) is 1. The molecule has 1 aromatic heterocycles. The van der Waals surface area contributed by atoms with E-state index in [9.17, 15) is 0 Å². The van der Waals surface area contributed by atoms with E-state index in [4.69, 9.17) is 10.2 Å². The highest BCUT2D eigenvalue weighted by atomic mass is 32.2. The fourth-order valence-corrected chi connectivity index (χ4v) is 2.61. The Morgan fingerprint density at radius 1 is 1.75 bits per heavy atom. The van der Waals surface area contributed by atoms with E-state index in [0.29, 0.717) is 18.4 Å². The van der Waals surface area contributed by atoms with Crippen molar-refractivity contribution in [3.63, 3.8) is 0 Å². The van der Waals surface area contributed by atoms with E-state index >= 15 is 0 Å². The van der Waals surface area contributed by atoms with Gasteiger partial charge in [-0.2, -0.15) is 11.8 Å². The molecular formula is C8H12N2OS. The molecule has 0 radical (unpaired) electrons. The van der Waals surface area contributed by atoms with Crippen molar-refractivity contribution in [1.82, 2.24) is 4.98 Å². The molecule has 12 heavy (non-hydrogen) atoms. The third kappa shape index (κ3) is 1.49. The van der Waals surface area contributed by atoms with Gasteiger partial charge in [-0.3, -0.25) is 0 Å². The van der Waals surface area contributed by atoms with Crippen LogP contribution in [0, 0.1) is 0 Å². The minimum atomic E-state index is 0.403. The highest BCUT2D eigenvalue weighted by molar-refractivity contribution is 7.99. The summed E-state index contributed by atoms with van der Waals surface area (Å²) in [7, 11) is 0. The molecule has 0 amide bonds. The van der Waals surface area contributed by atoms with Crippen LogP contribution in [0.25, 0.3) is 0 Å². The normalized spacial score (nSPS) is 23.2. The van der Waals surface area contributed by atoms with Gasteiger partial charge in [0.25, 0.3) is 0 Å². The Morgan fingerprint density at radius 3 is 3.25 bits per heavy atom. The molecule has 0 bridgehead atoms. The first-order valence-corrected chi connectivity index (χ1v) is 5.27. The van der Waals surface area contributed by atoms with Gasteiger partial charge in [-0.1, -0.05) is 0 Å². The van der Waals surface area contributed by atoms with Gasteiger partial charge in [0.05, 0.1) is 12.2 Å². The van der Waals surface area contributed by atoms with Crippen LogP contribution >= 0.6 is 11.8 Å². The summed E-state index contributed by atoms with van der Waals surface area (Å²) in [4.78, 5) is 4.31. The molecule has 1 aliphatic heterocycles. The molecule has 2 rings (SSSR count). The second kappa shape index (κ2) is 3.49. The third-order valence-corrected chi connectivity index (χ3v) is 3.25. The molecule has 4 heteroatoms. The van der Waals surface area contributed by atoms with Gasteiger partial charge >= 0.3 is 0 Å². The molecule has 1 aliphatic rings. The van der Waals surface area contributed by atoms with E-state index in [0.717, 1.165) is 5.69 Å². The number of thioether (sulfide) groups is 1. The number of oxazole rings is 1. The summed E-state index contributed by atoms with van der Waals surface area (Å²) in [6.07, 6.45) is 2.97. The largest absolute Gasteiger partial charge is 0.447 e. The summed E-state index contributed by atoms with van der Waals surface area (Å²) < 4.78 is 5.18. The second-order valence-electron chi connectivity index (χ2n) is 2.93. The molecule has 2 heterocycles. The van der Waals surface area contributed by atoms with Gasteiger partial charge in [0.15, 0.2) is 0 Å². The smallest absolute Gasteiger partial charge is 0.207 e. The lowest BCUT2D eigenvalue weighted by molar-refractivity contribution is 0.497. The highest BCUT2D eigenvalue weighted by Gasteiger charge is 2.20. The Labute approximate surface area is 75.7 Å². The number of hydrogen-bond acceptors (Lipinski definition) is 4. The summed E-state index contributed by atoms with van der Waals surface area (Å²) in [5.74, 6) is 3.67. The van der Waals surface area contributed by atoms with Crippen molar-refractivity contribution >= 4 is 11.8 Å². The quantitative estimate of drug-likeness (QED) is 0.754. The Morgan fingerprint density at radius 2 is 2.67 bits per heavy atom. The van der Waals surface area contributed by atoms with Gasteiger partial charge in [-0.05, 0) is 12.2 Å². The molecule has 1 fully saturated rings. The predicted octanol–water partition coefficient (Wildman–Crippen LogP) is 1.35. The second-order valence-corrected chi connectivity index (χ2v) is 4.08. The molecule has 1 unspecified atom stereocenters. The minimum Gasteiger partial charge on any atom is -0.447 e. The van der Waals surface area contributed by atoms with E-state index in [1.807, 2.05) is 11.8 Å². The average Bonchev–Trinajstić information content (AvgIpc) is 2.75. The van der Waals surface area contributed by atoms with Crippen LogP contribution in [0.4, 0.5) is 0 Å². The van der Waals surface area contributed by atoms with E-state index < -0.39 is 0 Å². The summed E-state index contributed by atoms with van der Waals surface area (Å²) in [5.41, 5.74) is 6.48. The van der Waals surface area contributed by atoms with E-state index in [2.05, 4.69) is 4.98 Å². The molecule has 1 aromatic rings. The van der Waals surface area contributed by atoms with Gasteiger partial charge < -0.3 is 10.2 Å². The maximum Gasteiger partial charge on any atom is 0.207 e. The predicted molar refractivity (Wildman–Crippen MR) is 49.1 cm³/mol. The zero-order chi connectivity index (χ0) is 8.39. The Bertz CT molecular complexity index is 255. The van der Waals surface area contributed by atoms with Crippen LogP contribution in [0.1, 0.15) is 23.9 Å². The lowest BCUT2D eigenvalue weighted by atomic mass is 10.1. The molecule has 0 aliphatic carbocycles. The molecule has 66 valence electrons. The van der Waals surface area contributed by atoms with Crippen molar-refractivity contribution in [2.45, 2.75) is 18.9 Å². The molecule has 2 N–H and O–H groups in total.